The topological polar surface area (TPSA) is 107 Å². The number of nitrogens with one attached hydrogen (secondary N) is 1. The molecule has 0 aliphatic heterocycles. The van der Waals surface area contributed by atoms with Crippen molar-refractivity contribution in [3.8, 4) is 6.07 Å². The van der Waals surface area contributed by atoms with E-state index in [0.717, 1.165) is 4.31 Å². The lowest BCUT2D eigenvalue weighted by Gasteiger charge is -2.17. The molecule has 0 radical (unpaired) electrons. The van der Waals surface area contributed by atoms with Gasteiger partial charge in [-0.2, -0.15) is 9.57 Å². The van der Waals surface area contributed by atoms with Crippen LogP contribution in [0, 0.1) is 11.3 Å². The number of hydrogen-bond acceptors (Lipinski definition) is 5. The summed E-state index contributed by atoms with van der Waals surface area (Å²) < 4.78 is 25.9. The average Bonchev–Trinajstić information content (AvgIpc) is 2.62. The van der Waals surface area contributed by atoms with Crippen LogP contribution < -0.4 is 5.32 Å². The van der Waals surface area contributed by atoms with Crippen LogP contribution >= 0.6 is 0 Å². The van der Waals surface area contributed by atoms with E-state index in [9.17, 15) is 18.0 Å². The fraction of sp³-hybridized carbons (Fsp3) is 0.167. The summed E-state index contributed by atoms with van der Waals surface area (Å²) in [5.74, 6) is -0.676. The van der Waals surface area contributed by atoms with Gasteiger partial charge in [0.2, 0.25) is 15.9 Å². The molecule has 1 amide bonds. The van der Waals surface area contributed by atoms with Gasteiger partial charge in [0.15, 0.2) is 5.78 Å². The fourth-order valence-electron chi connectivity index (χ4n) is 2.16. The van der Waals surface area contributed by atoms with Gasteiger partial charge in [-0.3, -0.25) is 9.59 Å². The number of nitrogens with zero attached hydrogens (tertiary/aromatic N) is 2. The number of nitriles is 1. The average molecular weight is 371 g/mol. The molecule has 2 aromatic carbocycles. The van der Waals surface area contributed by atoms with Gasteiger partial charge < -0.3 is 5.32 Å². The number of hydrogen-bond donors (Lipinski definition) is 1. The van der Waals surface area contributed by atoms with Crippen LogP contribution in [0.3, 0.4) is 0 Å². The molecular formula is C18H17N3O4S. The van der Waals surface area contributed by atoms with E-state index in [-0.39, 0.29) is 17.2 Å². The van der Waals surface area contributed by atoms with Crippen LogP contribution in [0.5, 0.6) is 0 Å². The number of likely N-dealkylation sites (N-methyl/N-ethyl adjacent to an activating group) is 1. The molecule has 134 valence electrons. The predicted molar refractivity (Wildman–Crippen MR) is 96.0 cm³/mol. The van der Waals surface area contributed by atoms with E-state index >= 15 is 0 Å². The van der Waals surface area contributed by atoms with Gasteiger partial charge >= 0.3 is 0 Å². The molecule has 26 heavy (non-hydrogen) atoms. The van der Waals surface area contributed by atoms with E-state index in [0.29, 0.717) is 16.8 Å². The number of anilines is 1. The van der Waals surface area contributed by atoms with Crippen molar-refractivity contribution < 1.29 is 18.0 Å². The van der Waals surface area contributed by atoms with Crippen LogP contribution in [0.4, 0.5) is 5.69 Å². The Morgan fingerprint density at radius 2 is 1.65 bits per heavy atom. The largest absolute Gasteiger partial charge is 0.325 e. The van der Waals surface area contributed by atoms with Crippen molar-refractivity contribution in [2.45, 2.75) is 11.8 Å². The molecular weight excluding hydrogens is 354 g/mol. The Kier molecular flexibility index (Phi) is 5.87. The van der Waals surface area contributed by atoms with Crippen molar-refractivity contribution in [1.29, 1.82) is 5.26 Å². The highest BCUT2D eigenvalue weighted by Crippen LogP contribution is 2.16. The van der Waals surface area contributed by atoms with Gasteiger partial charge in [0, 0.05) is 18.3 Å². The Balaban J connectivity index is 2.06. The zero-order valence-electron chi connectivity index (χ0n) is 14.3. The molecule has 7 nitrogen and oxygen atoms in total. The van der Waals surface area contributed by atoms with Crippen LogP contribution in [-0.4, -0.2) is 38.0 Å². The molecule has 0 aliphatic rings. The van der Waals surface area contributed by atoms with Crippen LogP contribution in [0.2, 0.25) is 0 Å². The monoisotopic (exact) mass is 371 g/mol. The molecule has 0 spiro atoms. The van der Waals surface area contributed by atoms with Crippen LogP contribution in [0.25, 0.3) is 0 Å². The summed E-state index contributed by atoms with van der Waals surface area (Å²) in [6.07, 6.45) is 0. The Labute approximate surface area is 151 Å². The maximum absolute atomic E-state index is 12.5. The molecule has 0 aliphatic carbocycles. The van der Waals surface area contributed by atoms with Crippen molar-refractivity contribution in [3.63, 3.8) is 0 Å². The van der Waals surface area contributed by atoms with Gasteiger partial charge in [0.05, 0.1) is 23.1 Å². The van der Waals surface area contributed by atoms with Gasteiger partial charge in [-0.25, -0.2) is 8.42 Å². The second-order valence-corrected chi connectivity index (χ2v) is 7.62. The number of ketones is 1. The molecule has 0 bridgehead atoms. The molecule has 0 aromatic heterocycles. The fourth-order valence-corrected chi connectivity index (χ4v) is 3.28. The van der Waals surface area contributed by atoms with Crippen molar-refractivity contribution in [2.75, 3.05) is 18.9 Å². The normalized spacial score (nSPS) is 11.0. The first-order valence-electron chi connectivity index (χ1n) is 7.61. The minimum absolute atomic E-state index is 0.00354. The van der Waals surface area contributed by atoms with E-state index in [4.69, 9.17) is 5.26 Å². The lowest BCUT2D eigenvalue weighted by molar-refractivity contribution is -0.116. The summed E-state index contributed by atoms with van der Waals surface area (Å²) >= 11 is 0. The van der Waals surface area contributed by atoms with Crippen molar-refractivity contribution in [2.24, 2.45) is 0 Å². The molecule has 2 rings (SSSR count). The number of sulfonamides is 1. The van der Waals surface area contributed by atoms with E-state index in [1.165, 1.54) is 38.2 Å². The lowest BCUT2D eigenvalue weighted by atomic mass is 10.2. The first-order valence-corrected chi connectivity index (χ1v) is 9.05. The van der Waals surface area contributed by atoms with E-state index < -0.39 is 15.9 Å². The summed E-state index contributed by atoms with van der Waals surface area (Å²) in [5, 5.41) is 11.3. The lowest BCUT2D eigenvalue weighted by Crippen LogP contribution is -2.35. The van der Waals surface area contributed by atoms with Gasteiger partial charge in [0.25, 0.3) is 0 Å². The van der Waals surface area contributed by atoms with Crippen molar-refractivity contribution in [3.05, 3.63) is 59.7 Å². The quantitative estimate of drug-likeness (QED) is 0.782. The van der Waals surface area contributed by atoms with Crippen molar-refractivity contribution in [1.82, 2.24) is 4.31 Å². The van der Waals surface area contributed by atoms with Crippen LogP contribution in [0.15, 0.2) is 53.4 Å². The third-order valence-electron chi connectivity index (χ3n) is 3.63. The van der Waals surface area contributed by atoms with Gasteiger partial charge in [-0.1, -0.05) is 12.1 Å². The van der Waals surface area contributed by atoms with E-state index in [1.54, 1.807) is 24.3 Å². The summed E-state index contributed by atoms with van der Waals surface area (Å²) in [6, 6.07) is 13.7. The molecule has 2 aromatic rings. The van der Waals surface area contributed by atoms with E-state index in [1.807, 2.05) is 6.07 Å². The number of carbonyl (C=O) groups is 2. The summed E-state index contributed by atoms with van der Waals surface area (Å²) in [6.45, 7) is 1.01. The molecule has 0 saturated heterocycles. The maximum atomic E-state index is 12.5. The number of benzene rings is 2. The Morgan fingerprint density at radius 3 is 2.15 bits per heavy atom. The third-order valence-corrected chi connectivity index (χ3v) is 5.45. The summed E-state index contributed by atoms with van der Waals surface area (Å²) in [4.78, 5) is 23.3. The maximum Gasteiger partial charge on any atom is 0.243 e. The molecule has 0 atom stereocenters. The number of Topliss-reactive ketones (excluding diaryl/α,β-unsaturated/α-hetero) is 1. The zero-order chi connectivity index (χ0) is 19.3. The molecule has 0 saturated carbocycles. The van der Waals surface area contributed by atoms with Crippen LogP contribution in [0.1, 0.15) is 22.8 Å². The molecule has 0 heterocycles. The zero-order valence-corrected chi connectivity index (χ0v) is 15.1. The Hall–Kier alpha value is -3.02. The highest BCUT2D eigenvalue weighted by atomic mass is 32.2. The second kappa shape index (κ2) is 7.91. The minimum atomic E-state index is -3.86. The highest BCUT2D eigenvalue weighted by molar-refractivity contribution is 7.89. The molecule has 0 unspecified atom stereocenters. The van der Waals surface area contributed by atoms with E-state index in [2.05, 4.69) is 5.32 Å². The van der Waals surface area contributed by atoms with Crippen LogP contribution in [-0.2, 0) is 14.8 Å². The summed E-state index contributed by atoms with van der Waals surface area (Å²) in [7, 11) is -2.56. The third kappa shape index (κ3) is 4.53. The minimum Gasteiger partial charge on any atom is -0.325 e. The van der Waals surface area contributed by atoms with Gasteiger partial charge in [-0.15, -0.1) is 0 Å². The van der Waals surface area contributed by atoms with Crippen molar-refractivity contribution >= 4 is 27.4 Å². The predicted octanol–water partition coefficient (Wildman–Crippen LogP) is 2.02. The SMILES string of the molecule is CC(=O)c1ccc(S(=O)(=O)N(C)CC(=O)Nc2ccc(C#N)cc2)cc1. The first kappa shape index (κ1) is 19.3. The number of amides is 1. The number of carbonyl (C=O) groups excluding carboxylic acids is 2. The Bertz CT molecular complexity index is 959. The van der Waals surface area contributed by atoms with Gasteiger partial charge in [-0.05, 0) is 43.3 Å². The first-order chi connectivity index (χ1) is 12.2. The smallest absolute Gasteiger partial charge is 0.243 e. The molecule has 8 heteroatoms. The molecule has 0 fully saturated rings. The van der Waals surface area contributed by atoms with Gasteiger partial charge in [0.1, 0.15) is 0 Å². The molecule has 1 N–H and O–H groups in total. The highest BCUT2D eigenvalue weighted by Gasteiger charge is 2.23. The number of rotatable bonds is 6. The standard InChI is InChI=1S/C18H17N3O4S/c1-13(22)15-5-9-17(10-6-15)26(24,25)21(2)12-18(23)20-16-7-3-14(11-19)4-8-16/h3-10H,12H2,1-2H3,(H,20,23). The summed E-state index contributed by atoms with van der Waals surface area (Å²) in [5.41, 5.74) is 1.33. The Morgan fingerprint density at radius 1 is 1.08 bits per heavy atom. The second-order valence-electron chi connectivity index (χ2n) is 5.58.